The first-order valence-electron chi connectivity index (χ1n) is 11.6. The summed E-state index contributed by atoms with van der Waals surface area (Å²) in [5.41, 5.74) is 3.32. The number of hydrogen-bond acceptors (Lipinski definition) is 4. The summed E-state index contributed by atoms with van der Waals surface area (Å²) in [6, 6.07) is 17.9. The van der Waals surface area contributed by atoms with Crippen molar-refractivity contribution in [2.24, 2.45) is 11.8 Å². The molecule has 37 heavy (non-hydrogen) atoms. The summed E-state index contributed by atoms with van der Waals surface area (Å²) in [6.07, 6.45) is 2.92. The number of amides is 2. The largest absolute Gasteiger partial charge is 0.481 e. The Morgan fingerprint density at radius 2 is 1.38 bits per heavy atom. The van der Waals surface area contributed by atoms with Crippen LogP contribution in [0.3, 0.4) is 0 Å². The first-order valence-corrected chi connectivity index (χ1v) is 12.7. The number of carbonyl (C=O) groups is 4. The highest BCUT2D eigenvalue weighted by Gasteiger charge is 2.41. The Labute approximate surface area is 228 Å². The molecule has 1 aliphatic carbocycles. The Kier molecular flexibility index (Phi) is 8.32. The maximum absolute atomic E-state index is 12.4. The van der Waals surface area contributed by atoms with Crippen molar-refractivity contribution in [1.82, 2.24) is 4.90 Å². The molecule has 0 radical (unpaired) electrons. The number of benzene rings is 3. The number of hydrogen-bond donors (Lipinski definition) is 1. The monoisotopic (exact) mass is 557 g/mol. The summed E-state index contributed by atoms with van der Waals surface area (Å²) in [6.45, 7) is 0.124. The number of imide groups is 1. The molecule has 190 valence electrons. The second kappa shape index (κ2) is 11.5. The number of carboxylic acids is 1. The van der Waals surface area contributed by atoms with Gasteiger partial charge in [0.15, 0.2) is 0 Å². The average Bonchev–Trinajstić information content (AvgIpc) is 3.45. The number of aldehydes is 1. The van der Waals surface area contributed by atoms with Gasteiger partial charge in [-0.2, -0.15) is 0 Å². The molecule has 2 amide bonds. The number of carbonyl (C=O) groups excluding carboxylic acids is 3. The van der Waals surface area contributed by atoms with Crippen molar-refractivity contribution in [3.63, 3.8) is 0 Å². The molecule has 5 rings (SSSR count). The maximum Gasteiger partial charge on any atom is 0.306 e. The van der Waals surface area contributed by atoms with Gasteiger partial charge < -0.3 is 5.11 Å². The van der Waals surface area contributed by atoms with Gasteiger partial charge in [0.2, 0.25) is 0 Å². The quantitative estimate of drug-likeness (QED) is 0.271. The summed E-state index contributed by atoms with van der Waals surface area (Å²) >= 11 is 17.6. The molecule has 2 atom stereocenters. The van der Waals surface area contributed by atoms with Crippen LogP contribution in [0.15, 0.2) is 60.7 Å². The van der Waals surface area contributed by atoms with E-state index in [4.69, 9.17) is 34.8 Å². The SMILES string of the molecule is O=C(O)C1CCC[C@H]1CN1C(=O)c2cc(Cl)c(Cl)cc2C1=O.O=Cc1ccc(-c2ccc(Cl)cc2)cc1. The summed E-state index contributed by atoms with van der Waals surface area (Å²) in [7, 11) is 0. The highest BCUT2D eigenvalue weighted by atomic mass is 35.5. The molecule has 0 saturated heterocycles. The minimum atomic E-state index is -0.870. The third kappa shape index (κ3) is 5.87. The number of rotatable bonds is 5. The van der Waals surface area contributed by atoms with Crippen molar-refractivity contribution in [3.05, 3.63) is 92.4 Å². The van der Waals surface area contributed by atoms with Crippen molar-refractivity contribution < 1.29 is 24.3 Å². The first-order chi connectivity index (χ1) is 17.7. The molecule has 1 N–H and O–H groups in total. The Hall–Kier alpha value is -3.19. The minimum Gasteiger partial charge on any atom is -0.481 e. The Morgan fingerprint density at radius 3 is 1.86 bits per heavy atom. The van der Waals surface area contributed by atoms with Gasteiger partial charge in [-0.25, -0.2) is 0 Å². The van der Waals surface area contributed by atoms with E-state index >= 15 is 0 Å². The third-order valence-electron chi connectivity index (χ3n) is 6.63. The lowest BCUT2D eigenvalue weighted by Gasteiger charge is -2.21. The lowest BCUT2D eigenvalue weighted by molar-refractivity contribution is -0.143. The van der Waals surface area contributed by atoms with E-state index in [1.54, 1.807) is 12.1 Å². The lowest BCUT2D eigenvalue weighted by Crippen LogP contribution is -2.37. The zero-order valence-electron chi connectivity index (χ0n) is 19.5. The molecular formula is C28H22Cl3NO5. The van der Waals surface area contributed by atoms with Crippen LogP contribution in [-0.2, 0) is 4.79 Å². The molecule has 1 saturated carbocycles. The van der Waals surface area contributed by atoms with E-state index < -0.39 is 23.7 Å². The molecule has 0 aromatic heterocycles. The molecule has 3 aromatic rings. The number of nitrogens with zero attached hydrogens (tertiary/aromatic N) is 1. The molecule has 3 aromatic carbocycles. The molecule has 1 fully saturated rings. The lowest BCUT2D eigenvalue weighted by atomic mass is 9.95. The zero-order chi connectivity index (χ0) is 26.7. The van der Waals surface area contributed by atoms with E-state index in [2.05, 4.69) is 0 Å². The van der Waals surface area contributed by atoms with Crippen LogP contribution in [0, 0.1) is 11.8 Å². The summed E-state index contributed by atoms with van der Waals surface area (Å²) in [5, 5.41) is 10.4. The minimum absolute atomic E-state index is 0.124. The second-order valence-corrected chi connectivity index (χ2v) is 10.2. The zero-order valence-corrected chi connectivity index (χ0v) is 21.8. The summed E-state index contributed by atoms with van der Waals surface area (Å²) in [5.74, 6) is -2.45. The van der Waals surface area contributed by atoms with Gasteiger partial charge in [-0.1, -0.05) is 77.6 Å². The van der Waals surface area contributed by atoms with Gasteiger partial charge in [-0.15, -0.1) is 0 Å². The van der Waals surface area contributed by atoms with Crippen molar-refractivity contribution in [2.45, 2.75) is 19.3 Å². The number of aliphatic carboxylic acids is 1. The second-order valence-electron chi connectivity index (χ2n) is 8.92. The van der Waals surface area contributed by atoms with Crippen LogP contribution in [0.2, 0.25) is 15.1 Å². The maximum atomic E-state index is 12.4. The average molecular weight is 559 g/mol. The number of halogens is 3. The fourth-order valence-electron chi connectivity index (χ4n) is 4.66. The summed E-state index contributed by atoms with van der Waals surface area (Å²) < 4.78 is 0. The predicted molar refractivity (Wildman–Crippen MR) is 143 cm³/mol. The van der Waals surface area contributed by atoms with E-state index in [9.17, 15) is 24.3 Å². The van der Waals surface area contributed by atoms with Crippen molar-refractivity contribution in [1.29, 1.82) is 0 Å². The normalized spacial score (nSPS) is 18.3. The number of carboxylic acid groups (broad SMARTS) is 1. The molecule has 1 heterocycles. The van der Waals surface area contributed by atoms with Gasteiger partial charge in [0.05, 0.1) is 27.1 Å². The van der Waals surface area contributed by atoms with Crippen LogP contribution >= 0.6 is 34.8 Å². The molecule has 2 aliphatic rings. The number of fused-ring (bicyclic) bond motifs is 1. The van der Waals surface area contributed by atoms with Crippen LogP contribution in [0.5, 0.6) is 0 Å². The molecule has 1 unspecified atom stereocenters. The van der Waals surface area contributed by atoms with E-state index in [0.29, 0.717) is 18.4 Å². The van der Waals surface area contributed by atoms with Crippen LogP contribution in [0.4, 0.5) is 0 Å². The topological polar surface area (TPSA) is 91.8 Å². The van der Waals surface area contributed by atoms with Crippen molar-refractivity contribution in [2.75, 3.05) is 6.54 Å². The smallest absolute Gasteiger partial charge is 0.306 e. The molecule has 6 nitrogen and oxygen atoms in total. The standard InChI is InChI=1S/C15H13Cl2NO4.C13H9ClO/c16-11-4-9-10(5-12(11)17)14(20)18(13(9)19)6-7-2-1-3-8(7)15(21)22;14-13-7-5-12(6-8-13)11-3-1-10(9-15)2-4-11/h4-5,7-8H,1-3,6H2,(H,21,22);1-9H/t7-,8?;/m0./s1. The molecule has 9 heteroatoms. The van der Waals surface area contributed by atoms with Gasteiger partial charge in [0.25, 0.3) is 11.8 Å². The van der Waals surface area contributed by atoms with E-state index in [1.807, 2.05) is 36.4 Å². The first kappa shape index (κ1) is 26.9. The molecule has 0 bridgehead atoms. The third-order valence-corrected chi connectivity index (χ3v) is 7.60. The Bertz CT molecular complexity index is 1310. The fraction of sp³-hybridized carbons (Fsp3) is 0.214. The fourth-order valence-corrected chi connectivity index (χ4v) is 5.11. The van der Waals surface area contributed by atoms with Crippen LogP contribution in [0.1, 0.15) is 50.3 Å². The van der Waals surface area contributed by atoms with E-state index in [0.717, 1.165) is 33.8 Å². The van der Waals surface area contributed by atoms with Gasteiger partial charge in [0, 0.05) is 17.1 Å². The predicted octanol–water partition coefficient (Wildman–Crippen LogP) is 6.91. The van der Waals surface area contributed by atoms with Gasteiger partial charge >= 0.3 is 5.97 Å². The van der Waals surface area contributed by atoms with E-state index in [-0.39, 0.29) is 33.6 Å². The van der Waals surface area contributed by atoms with E-state index in [1.165, 1.54) is 12.1 Å². The molecule has 1 aliphatic heterocycles. The highest BCUT2D eigenvalue weighted by molar-refractivity contribution is 6.43. The van der Waals surface area contributed by atoms with Gasteiger partial charge in [-0.3, -0.25) is 24.1 Å². The van der Waals surface area contributed by atoms with Crippen LogP contribution in [0.25, 0.3) is 11.1 Å². The van der Waals surface area contributed by atoms with Crippen LogP contribution in [-0.4, -0.2) is 40.6 Å². The van der Waals surface area contributed by atoms with Crippen LogP contribution < -0.4 is 0 Å². The van der Waals surface area contributed by atoms with Crippen molar-refractivity contribution in [3.8, 4) is 11.1 Å². The Morgan fingerprint density at radius 1 is 0.865 bits per heavy atom. The summed E-state index contributed by atoms with van der Waals surface area (Å²) in [4.78, 5) is 47.6. The Balaban J connectivity index is 0.000000186. The molecular weight excluding hydrogens is 537 g/mol. The van der Waals surface area contributed by atoms with Gasteiger partial charge in [-0.05, 0) is 54.2 Å². The molecule has 0 spiro atoms. The highest BCUT2D eigenvalue weighted by Crippen LogP contribution is 2.36. The van der Waals surface area contributed by atoms with Crippen molar-refractivity contribution >= 4 is 58.9 Å². The van der Waals surface area contributed by atoms with Gasteiger partial charge in [0.1, 0.15) is 6.29 Å².